The highest BCUT2D eigenvalue weighted by Gasteiger charge is 2.27. The molecule has 0 spiro atoms. The molecule has 0 aliphatic carbocycles. The Morgan fingerprint density at radius 3 is 2.60 bits per heavy atom. The second kappa shape index (κ2) is 6.44. The minimum atomic E-state index is 0.000371. The molecule has 114 valence electrons. The Morgan fingerprint density at radius 1 is 1.30 bits per heavy atom. The largest absolute Gasteiger partial charge is 0.391 e. The van der Waals surface area contributed by atoms with Crippen molar-refractivity contribution >= 4 is 16.5 Å². The van der Waals surface area contributed by atoms with E-state index in [0.717, 1.165) is 22.2 Å². The topological polar surface area (TPSA) is 36.4 Å². The number of aliphatic hydroxyl groups excluding tert-OH is 1. The van der Waals surface area contributed by atoms with E-state index in [9.17, 15) is 5.11 Å². The molecule has 1 aliphatic heterocycles. The maximum absolute atomic E-state index is 9.62. The van der Waals surface area contributed by atoms with E-state index >= 15 is 0 Å². The van der Waals surface area contributed by atoms with Gasteiger partial charge in [-0.05, 0) is 19.3 Å². The number of aliphatic hydroxyl groups is 1. The molecule has 2 heterocycles. The van der Waals surface area contributed by atoms with Crippen molar-refractivity contribution < 1.29 is 5.11 Å². The molecule has 0 saturated carbocycles. The fourth-order valence-corrected chi connectivity index (χ4v) is 4.24. The van der Waals surface area contributed by atoms with Crippen LogP contribution in [0, 0.1) is 0 Å². The smallest absolute Gasteiger partial charge is 0.186 e. The van der Waals surface area contributed by atoms with Gasteiger partial charge in [0, 0.05) is 18.0 Å². The number of thiazole rings is 1. The van der Waals surface area contributed by atoms with Gasteiger partial charge in [-0.1, -0.05) is 51.9 Å². The van der Waals surface area contributed by atoms with Crippen molar-refractivity contribution in [3.05, 3.63) is 10.6 Å². The van der Waals surface area contributed by atoms with Crippen molar-refractivity contribution in [1.82, 2.24) is 4.98 Å². The lowest BCUT2D eigenvalue weighted by molar-refractivity contribution is 0.282. The zero-order valence-electron chi connectivity index (χ0n) is 13.3. The standard InChI is InChI=1S/C16H28N2OS/c1-5-12-9-7-6-8-10-18(12)15-17-14(16(2,3)4)13(11-19)20-15/h12,19H,5-11H2,1-4H3. The second-order valence-corrected chi connectivity index (χ2v) is 7.84. The van der Waals surface area contributed by atoms with Crippen molar-refractivity contribution in [2.45, 2.75) is 77.9 Å². The molecule has 1 fully saturated rings. The predicted octanol–water partition coefficient (Wildman–Crippen LogP) is 4.09. The van der Waals surface area contributed by atoms with E-state index in [2.05, 4.69) is 32.6 Å². The molecule has 4 heteroatoms. The van der Waals surface area contributed by atoms with Crippen LogP contribution in [0.15, 0.2) is 0 Å². The summed E-state index contributed by atoms with van der Waals surface area (Å²) in [4.78, 5) is 8.43. The van der Waals surface area contributed by atoms with Crippen LogP contribution in [-0.4, -0.2) is 22.7 Å². The summed E-state index contributed by atoms with van der Waals surface area (Å²) in [7, 11) is 0. The molecule has 1 aromatic heterocycles. The Kier molecular flexibility index (Phi) is 5.08. The van der Waals surface area contributed by atoms with E-state index in [1.807, 2.05) is 0 Å². The summed E-state index contributed by atoms with van der Waals surface area (Å²) in [5.41, 5.74) is 1.07. The SMILES string of the molecule is CCC1CCCCCN1c1nc(C(C)(C)C)c(CO)s1. The Morgan fingerprint density at radius 2 is 2.05 bits per heavy atom. The zero-order chi connectivity index (χ0) is 14.8. The number of hydrogen-bond acceptors (Lipinski definition) is 4. The number of hydrogen-bond donors (Lipinski definition) is 1. The second-order valence-electron chi connectivity index (χ2n) is 6.78. The molecule has 1 atom stereocenters. The first-order valence-corrected chi connectivity index (χ1v) is 8.66. The van der Waals surface area contributed by atoms with Crippen LogP contribution >= 0.6 is 11.3 Å². The minimum absolute atomic E-state index is 0.000371. The van der Waals surface area contributed by atoms with Crippen LogP contribution < -0.4 is 4.90 Å². The maximum Gasteiger partial charge on any atom is 0.186 e. The molecule has 1 N–H and O–H groups in total. The van der Waals surface area contributed by atoms with E-state index in [1.54, 1.807) is 11.3 Å². The first-order chi connectivity index (χ1) is 9.47. The fourth-order valence-electron chi connectivity index (χ4n) is 3.01. The van der Waals surface area contributed by atoms with Crippen molar-refractivity contribution in [2.75, 3.05) is 11.4 Å². The molecule has 0 amide bonds. The van der Waals surface area contributed by atoms with Gasteiger partial charge >= 0.3 is 0 Å². The summed E-state index contributed by atoms with van der Waals surface area (Å²) in [5, 5.41) is 10.7. The normalized spacial score (nSPS) is 21.1. The highest BCUT2D eigenvalue weighted by atomic mass is 32.1. The molecule has 1 saturated heterocycles. The van der Waals surface area contributed by atoms with E-state index in [0.29, 0.717) is 6.04 Å². The van der Waals surface area contributed by atoms with Crippen LogP contribution in [0.2, 0.25) is 0 Å². The molecule has 0 radical (unpaired) electrons. The van der Waals surface area contributed by atoms with Crippen LogP contribution in [0.25, 0.3) is 0 Å². The van der Waals surface area contributed by atoms with E-state index in [-0.39, 0.29) is 12.0 Å². The van der Waals surface area contributed by atoms with Crippen molar-refractivity contribution in [1.29, 1.82) is 0 Å². The van der Waals surface area contributed by atoms with Gasteiger partial charge in [0.25, 0.3) is 0 Å². The lowest BCUT2D eigenvalue weighted by Gasteiger charge is -2.29. The average Bonchev–Trinajstić information content (AvgIpc) is 2.70. The molecule has 0 bridgehead atoms. The van der Waals surface area contributed by atoms with Gasteiger partial charge in [-0.3, -0.25) is 0 Å². The van der Waals surface area contributed by atoms with Crippen LogP contribution in [0.3, 0.4) is 0 Å². The molecule has 3 nitrogen and oxygen atoms in total. The third-order valence-corrected chi connectivity index (χ3v) is 5.21. The van der Waals surface area contributed by atoms with Gasteiger partial charge in [0.15, 0.2) is 5.13 Å². The maximum atomic E-state index is 9.62. The molecular weight excluding hydrogens is 268 g/mol. The number of nitrogens with zero attached hydrogens (tertiary/aromatic N) is 2. The van der Waals surface area contributed by atoms with Gasteiger partial charge in [-0.25, -0.2) is 4.98 Å². The molecule has 0 aromatic carbocycles. The van der Waals surface area contributed by atoms with Crippen molar-refractivity contribution in [3.8, 4) is 0 Å². The van der Waals surface area contributed by atoms with Gasteiger partial charge in [0.1, 0.15) is 0 Å². The molecule has 1 aliphatic rings. The Hall–Kier alpha value is -0.610. The summed E-state index contributed by atoms with van der Waals surface area (Å²) < 4.78 is 0. The number of anilines is 1. The minimum Gasteiger partial charge on any atom is -0.391 e. The number of rotatable bonds is 3. The molecule has 1 aromatic rings. The van der Waals surface area contributed by atoms with Crippen LogP contribution in [-0.2, 0) is 12.0 Å². The third-order valence-electron chi connectivity index (χ3n) is 4.13. The lowest BCUT2D eigenvalue weighted by atomic mass is 9.91. The van der Waals surface area contributed by atoms with Gasteiger partial charge in [-0.15, -0.1) is 0 Å². The van der Waals surface area contributed by atoms with E-state index in [4.69, 9.17) is 4.98 Å². The van der Waals surface area contributed by atoms with E-state index in [1.165, 1.54) is 32.1 Å². The summed E-state index contributed by atoms with van der Waals surface area (Å²) in [6.07, 6.45) is 6.38. The zero-order valence-corrected chi connectivity index (χ0v) is 14.1. The Bertz CT molecular complexity index is 436. The molecule has 2 rings (SSSR count). The van der Waals surface area contributed by atoms with E-state index < -0.39 is 0 Å². The Balaban J connectivity index is 2.33. The first kappa shape index (κ1) is 15.8. The van der Waals surface area contributed by atoms with Crippen LogP contribution in [0.1, 0.15) is 70.4 Å². The van der Waals surface area contributed by atoms with Gasteiger partial charge in [0.2, 0.25) is 0 Å². The third kappa shape index (κ3) is 3.34. The summed E-state index contributed by atoms with van der Waals surface area (Å²) in [5.74, 6) is 0. The van der Waals surface area contributed by atoms with Crippen LogP contribution in [0.5, 0.6) is 0 Å². The molecule has 1 unspecified atom stereocenters. The summed E-state index contributed by atoms with van der Waals surface area (Å²) in [6, 6.07) is 0.614. The highest BCUT2D eigenvalue weighted by Crippen LogP contribution is 2.36. The monoisotopic (exact) mass is 296 g/mol. The van der Waals surface area contributed by atoms with Gasteiger partial charge < -0.3 is 10.0 Å². The molecule has 20 heavy (non-hydrogen) atoms. The van der Waals surface area contributed by atoms with Gasteiger partial charge in [-0.2, -0.15) is 0 Å². The Labute approximate surface area is 127 Å². The van der Waals surface area contributed by atoms with Crippen molar-refractivity contribution in [3.63, 3.8) is 0 Å². The average molecular weight is 296 g/mol. The summed E-state index contributed by atoms with van der Waals surface area (Å²) >= 11 is 1.69. The fraction of sp³-hybridized carbons (Fsp3) is 0.812. The number of aromatic nitrogens is 1. The predicted molar refractivity (Wildman–Crippen MR) is 86.6 cm³/mol. The quantitative estimate of drug-likeness (QED) is 0.912. The summed E-state index contributed by atoms with van der Waals surface area (Å²) in [6.45, 7) is 10.0. The molecular formula is C16H28N2OS. The van der Waals surface area contributed by atoms with Gasteiger partial charge in [0.05, 0.1) is 17.2 Å². The highest BCUT2D eigenvalue weighted by molar-refractivity contribution is 7.15. The van der Waals surface area contributed by atoms with Crippen LogP contribution in [0.4, 0.5) is 5.13 Å². The van der Waals surface area contributed by atoms with Crippen molar-refractivity contribution in [2.24, 2.45) is 0 Å². The first-order valence-electron chi connectivity index (χ1n) is 7.85. The lowest BCUT2D eigenvalue weighted by Crippen LogP contribution is -2.34.